The molecule has 0 radical (unpaired) electrons. The molecular formula is C11H21N3O2. The van der Waals surface area contributed by atoms with Crippen molar-refractivity contribution in [3.8, 4) is 0 Å². The molecule has 5 heteroatoms. The first-order valence-corrected chi connectivity index (χ1v) is 6.16. The van der Waals surface area contributed by atoms with Crippen LogP contribution in [-0.2, 0) is 4.74 Å². The Morgan fingerprint density at radius 1 is 1.50 bits per heavy atom. The Bertz CT molecular complexity index is 247. The number of nitrogens with one attached hydrogen (secondary N) is 1. The van der Waals surface area contributed by atoms with Gasteiger partial charge in [0.1, 0.15) is 0 Å². The normalized spacial score (nSPS) is 27.9. The van der Waals surface area contributed by atoms with Gasteiger partial charge in [-0.05, 0) is 13.0 Å². The quantitative estimate of drug-likeness (QED) is 0.745. The van der Waals surface area contributed by atoms with E-state index in [4.69, 9.17) is 4.74 Å². The third-order valence-electron chi connectivity index (χ3n) is 3.26. The van der Waals surface area contributed by atoms with E-state index in [0.717, 1.165) is 52.3 Å². The first-order valence-electron chi connectivity index (χ1n) is 6.16. The van der Waals surface area contributed by atoms with Crippen molar-refractivity contribution in [3.05, 3.63) is 0 Å². The lowest BCUT2D eigenvalue weighted by Gasteiger charge is -2.36. The maximum absolute atomic E-state index is 11.6. The number of rotatable bonds is 3. The van der Waals surface area contributed by atoms with Crippen molar-refractivity contribution >= 4 is 6.03 Å². The molecule has 2 amide bonds. The summed E-state index contributed by atoms with van der Waals surface area (Å²) >= 11 is 0. The minimum absolute atomic E-state index is 0.0588. The highest BCUT2D eigenvalue weighted by Gasteiger charge is 2.25. The molecule has 0 aromatic carbocycles. The van der Waals surface area contributed by atoms with Gasteiger partial charge in [-0.3, -0.25) is 4.90 Å². The van der Waals surface area contributed by atoms with Gasteiger partial charge in [0.2, 0.25) is 0 Å². The highest BCUT2D eigenvalue weighted by molar-refractivity contribution is 5.74. The predicted molar refractivity (Wildman–Crippen MR) is 61.4 cm³/mol. The maximum atomic E-state index is 11.6. The maximum Gasteiger partial charge on any atom is 0.317 e. The molecular weight excluding hydrogens is 206 g/mol. The number of nitrogens with zero attached hydrogens (tertiary/aromatic N) is 2. The van der Waals surface area contributed by atoms with E-state index in [1.807, 2.05) is 4.90 Å². The van der Waals surface area contributed by atoms with Gasteiger partial charge in [0, 0.05) is 32.7 Å². The van der Waals surface area contributed by atoms with Crippen molar-refractivity contribution in [1.82, 2.24) is 15.1 Å². The monoisotopic (exact) mass is 227 g/mol. The van der Waals surface area contributed by atoms with Crippen molar-refractivity contribution in [1.29, 1.82) is 0 Å². The molecule has 92 valence electrons. The molecule has 0 spiro atoms. The fourth-order valence-electron chi connectivity index (χ4n) is 2.28. The van der Waals surface area contributed by atoms with E-state index in [2.05, 4.69) is 17.1 Å². The Morgan fingerprint density at radius 3 is 3.12 bits per heavy atom. The van der Waals surface area contributed by atoms with Gasteiger partial charge in [0.25, 0.3) is 0 Å². The summed E-state index contributed by atoms with van der Waals surface area (Å²) in [6.07, 6.45) is 1.22. The number of carbonyl (C=O) groups is 1. The van der Waals surface area contributed by atoms with E-state index < -0.39 is 0 Å². The van der Waals surface area contributed by atoms with Gasteiger partial charge in [-0.1, -0.05) is 6.92 Å². The Kier molecular flexibility index (Phi) is 4.01. The summed E-state index contributed by atoms with van der Waals surface area (Å²) in [4.78, 5) is 15.8. The molecule has 2 fully saturated rings. The molecule has 1 N–H and O–H groups in total. The number of hydrogen-bond donors (Lipinski definition) is 1. The van der Waals surface area contributed by atoms with Crippen molar-refractivity contribution in [2.75, 3.05) is 45.9 Å². The van der Waals surface area contributed by atoms with Crippen LogP contribution in [0.4, 0.5) is 4.79 Å². The van der Waals surface area contributed by atoms with E-state index in [-0.39, 0.29) is 12.1 Å². The zero-order valence-electron chi connectivity index (χ0n) is 9.95. The van der Waals surface area contributed by atoms with Crippen LogP contribution in [0, 0.1) is 0 Å². The van der Waals surface area contributed by atoms with Crippen LogP contribution in [-0.4, -0.2) is 67.8 Å². The van der Waals surface area contributed by atoms with Crippen LogP contribution in [0.5, 0.6) is 0 Å². The SMILES string of the molecule is CCN1CCOC(CN2CCCNC2=O)C1. The number of ether oxygens (including phenoxy) is 1. The van der Waals surface area contributed by atoms with Crippen LogP contribution in [0.2, 0.25) is 0 Å². The van der Waals surface area contributed by atoms with Gasteiger partial charge in [-0.2, -0.15) is 0 Å². The summed E-state index contributed by atoms with van der Waals surface area (Å²) in [7, 11) is 0. The van der Waals surface area contributed by atoms with Crippen LogP contribution in [0.15, 0.2) is 0 Å². The molecule has 1 unspecified atom stereocenters. The minimum Gasteiger partial charge on any atom is -0.374 e. The summed E-state index contributed by atoms with van der Waals surface area (Å²) in [5, 5.41) is 2.86. The summed E-state index contributed by atoms with van der Waals surface area (Å²) in [5.41, 5.74) is 0. The Labute approximate surface area is 96.7 Å². The molecule has 5 nitrogen and oxygen atoms in total. The van der Waals surface area contributed by atoms with Crippen LogP contribution in [0.1, 0.15) is 13.3 Å². The zero-order chi connectivity index (χ0) is 11.4. The summed E-state index contributed by atoms with van der Waals surface area (Å²) in [6, 6.07) is 0.0588. The number of urea groups is 1. The van der Waals surface area contributed by atoms with Crippen LogP contribution < -0.4 is 5.32 Å². The van der Waals surface area contributed by atoms with E-state index in [9.17, 15) is 4.79 Å². The van der Waals surface area contributed by atoms with Gasteiger partial charge < -0.3 is 15.0 Å². The summed E-state index contributed by atoms with van der Waals surface area (Å²) in [5.74, 6) is 0. The first kappa shape index (κ1) is 11.7. The van der Waals surface area contributed by atoms with E-state index in [1.165, 1.54) is 0 Å². The van der Waals surface area contributed by atoms with Crippen molar-refractivity contribution in [2.24, 2.45) is 0 Å². The van der Waals surface area contributed by atoms with Crippen LogP contribution in [0.3, 0.4) is 0 Å². The number of likely N-dealkylation sites (N-methyl/N-ethyl adjacent to an activating group) is 1. The molecule has 2 aliphatic rings. The van der Waals surface area contributed by atoms with Crippen molar-refractivity contribution in [2.45, 2.75) is 19.4 Å². The third kappa shape index (κ3) is 2.86. The highest BCUT2D eigenvalue weighted by Crippen LogP contribution is 2.08. The summed E-state index contributed by atoms with van der Waals surface area (Å²) < 4.78 is 5.70. The average molecular weight is 227 g/mol. The topological polar surface area (TPSA) is 44.8 Å². The lowest BCUT2D eigenvalue weighted by molar-refractivity contribution is -0.0377. The minimum atomic E-state index is 0.0588. The average Bonchev–Trinajstić information content (AvgIpc) is 2.32. The Balaban J connectivity index is 1.81. The van der Waals surface area contributed by atoms with Gasteiger partial charge in [-0.15, -0.1) is 0 Å². The fraction of sp³-hybridized carbons (Fsp3) is 0.909. The van der Waals surface area contributed by atoms with Gasteiger partial charge >= 0.3 is 6.03 Å². The second kappa shape index (κ2) is 5.50. The van der Waals surface area contributed by atoms with E-state index in [1.54, 1.807) is 0 Å². The van der Waals surface area contributed by atoms with Crippen molar-refractivity contribution in [3.63, 3.8) is 0 Å². The van der Waals surface area contributed by atoms with Gasteiger partial charge in [-0.25, -0.2) is 4.79 Å². The molecule has 1 atom stereocenters. The third-order valence-corrected chi connectivity index (χ3v) is 3.26. The molecule has 0 aliphatic carbocycles. The standard InChI is InChI=1S/C11H21N3O2/c1-2-13-6-7-16-10(8-13)9-14-5-3-4-12-11(14)15/h10H,2-9H2,1H3,(H,12,15). The second-order valence-corrected chi connectivity index (χ2v) is 4.42. The lowest BCUT2D eigenvalue weighted by atomic mass is 10.2. The summed E-state index contributed by atoms with van der Waals surface area (Å²) in [6.45, 7) is 8.36. The fourth-order valence-corrected chi connectivity index (χ4v) is 2.28. The smallest absolute Gasteiger partial charge is 0.317 e. The molecule has 2 aliphatic heterocycles. The molecule has 0 saturated carbocycles. The molecule has 0 aromatic rings. The second-order valence-electron chi connectivity index (χ2n) is 4.42. The van der Waals surface area contributed by atoms with Crippen LogP contribution >= 0.6 is 0 Å². The number of amides is 2. The molecule has 2 saturated heterocycles. The number of morpholine rings is 1. The number of hydrogen-bond acceptors (Lipinski definition) is 3. The molecule has 16 heavy (non-hydrogen) atoms. The van der Waals surface area contributed by atoms with E-state index >= 15 is 0 Å². The zero-order valence-corrected chi connectivity index (χ0v) is 9.95. The molecule has 2 heterocycles. The Hall–Kier alpha value is -0.810. The molecule has 0 bridgehead atoms. The molecule has 0 aromatic heterocycles. The lowest BCUT2D eigenvalue weighted by Crippen LogP contribution is -2.53. The molecule has 2 rings (SSSR count). The van der Waals surface area contributed by atoms with Gasteiger partial charge in [0.15, 0.2) is 0 Å². The van der Waals surface area contributed by atoms with Crippen LogP contribution in [0.25, 0.3) is 0 Å². The first-order chi connectivity index (χ1) is 7.79. The largest absolute Gasteiger partial charge is 0.374 e. The number of carbonyl (C=O) groups excluding carboxylic acids is 1. The van der Waals surface area contributed by atoms with E-state index in [0.29, 0.717) is 0 Å². The predicted octanol–water partition coefficient (Wildman–Crippen LogP) is 0.122. The highest BCUT2D eigenvalue weighted by atomic mass is 16.5. The van der Waals surface area contributed by atoms with Gasteiger partial charge in [0.05, 0.1) is 12.7 Å². The Morgan fingerprint density at radius 2 is 2.38 bits per heavy atom. The van der Waals surface area contributed by atoms with Crippen molar-refractivity contribution < 1.29 is 9.53 Å².